The van der Waals surface area contributed by atoms with E-state index in [9.17, 15) is 12.8 Å². The Morgan fingerprint density at radius 2 is 1.65 bits per heavy atom. The van der Waals surface area contributed by atoms with E-state index in [4.69, 9.17) is 10.2 Å². The first-order valence-corrected chi connectivity index (χ1v) is 13.5. The number of benzene rings is 2. The second-order valence-electron chi connectivity index (χ2n) is 8.80. The van der Waals surface area contributed by atoms with E-state index < -0.39 is 21.3 Å². The Morgan fingerprint density at radius 1 is 1.00 bits per heavy atom. The van der Waals surface area contributed by atoms with Crippen molar-refractivity contribution in [2.75, 3.05) is 12.3 Å². The molecule has 9 nitrogen and oxygen atoms in total. The zero-order chi connectivity index (χ0) is 26.6. The summed E-state index contributed by atoms with van der Waals surface area (Å²) in [5, 5.41) is 10.8. The van der Waals surface area contributed by atoms with Crippen LogP contribution >= 0.6 is 0 Å². The normalized spacial score (nSPS) is 13.4. The molecule has 3 N–H and O–H groups in total. The maximum Gasteiger partial charge on any atom is 0.270 e. The Kier molecular flexibility index (Phi) is 7.94. The molecule has 0 spiro atoms. The van der Waals surface area contributed by atoms with E-state index >= 15 is 0 Å². The summed E-state index contributed by atoms with van der Waals surface area (Å²) in [4.78, 5) is 9.03. The fraction of sp³-hybridized carbons (Fsp3) is 0.308. The second kappa shape index (κ2) is 11.1. The van der Waals surface area contributed by atoms with Crippen LogP contribution in [0.4, 0.5) is 10.2 Å². The van der Waals surface area contributed by atoms with E-state index in [0.717, 1.165) is 5.56 Å². The predicted octanol–water partition coefficient (Wildman–Crippen LogP) is 4.46. The Labute approximate surface area is 215 Å². The number of hydrogen-bond donors (Lipinski definition) is 2. The zero-order valence-electron chi connectivity index (χ0n) is 20.8. The van der Waals surface area contributed by atoms with Crippen LogP contribution in [0, 0.1) is 0 Å². The van der Waals surface area contributed by atoms with E-state index in [2.05, 4.69) is 25.5 Å². The molecule has 0 radical (unpaired) electrons. The summed E-state index contributed by atoms with van der Waals surface area (Å²) in [5.41, 5.74) is 9.14. The highest BCUT2D eigenvalue weighted by Gasteiger charge is 2.22. The van der Waals surface area contributed by atoms with Crippen LogP contribution in [0.3, 0.4) is 0 Å². The molecule has 2 aromatic carbocycles. The van der Waals surface area contributed by atoms with Gasteiger partial charge in [0.2, 0.25) is 5.89 Å². The third-order valence-electron chi connectivity index (χ3n) is 5.97. The summed E-state index contributed by atoms with van der Waals surface area (Å²) in [6.45, 7) is 5.88. The molecule has 4 aromatic rings. The van der Waals surface area contributed by atoms with Crippen molar-refractivity contribution in [2.24, 2.45) is 0 Å². The highest BCUT2D eigenvalue weighted by molar-refractivity contribution is 7.92. The van der Waals surface area contributed by atoms with Gasteiger partial charge in [-0.1, -0.05) is 31.2 Å². The lowest BCUT2D eigenvalue weighted by Gasteiger charge is -2.11. The van der Waals surface area contributed by atoms with Gasteiger partial charge in [0.05, 0.1) is 22.0 Å². The number of nitrogens with two attached hydrogens (primary N) is 1. The van der Waals surface area contributed by atoms with Crippen molar-refractivity contribution in [3.05, 3.63) is 60.3 Å². The standard InChI is InChI=1S/C26H29FN6O3S/c1-4-17(3)37(34,35)21-11-9-19(10-12-21)22-15-30-24(28)23(31-22)26-33-32-25(36-26)20-7-5-18(6-8-20)14-29-13-16(2)27/h5-12,15-17,29H,4,13-14H2,1-3H3,(H2,28,30)/t16-,17?/m1/s1. The molecule has 0 aliphatic rings. The first kappa shape index (κ1) is 26.4. The van der Waals surface area contributed by atoms with Gasteiger partial charge >= 0.3 is 0 Å². The van der Waals surface area contributed by atoms with Gasteiger partial charge in [0, 0.05) is 24.2 Å². The SMILES string of the molecule is CCC(C)S(=O)(=O)c1ccc(-c2cnc(N)c(-c3nnc(-c4ccc(CNC[C@@H](C)F)cc4)o3)n2)cc1. The fourth-order valence-electron chi connectivity index (χ4n) is 3.58. The fourth-order valence-corrected chi connectivity index (χ4v) is 5.00. The van der Waals surface area contributed by atoms with E-state index in [0.29, 0.717) is 29.8 Å². The number of rotatable bonds is 10. The van der Waals surface area contributed by atoms with Gasteiger partial charge in [-0.3, -0.25) is 0 Å². The van der Waals surface area contributed by atoms with Crippen LogP contribution in [-0.4, -0.2) is 46.5 Å². The van der Waals surface area contributed by atoms with Crippen molar-refractivity contribution < 1.29 is 17.2 Å². The van der Waals surface area contributed by atoms with Crippen molar-refractivity contribution in [1.82, 2.24) is 25.5 Å². The summed E-state index contributed by atoms with van der Waals surface area (Å²) in [6, 6.07) is 14.0. The molecule has 0 bridgehead atoms. The first-order valence-electron chi connectivity index (χ1n) is 11.9. The topological polar surface area (TPSA) is 137 Å². The highest BCUT2D eigenvalue weighted by atomic mass is 32.2. The molecule has 2 heterocycles. The molecule has 194 valence electrons. The summed E-state index contributed by atoms with van der Waals surface area (Å²) in [5.74, 6) is 0.525. The number of nitrogens with one attached hydrogen (secondary N) is 1. The van der Waals surface area contributed by atoms with Crippen LogP contribution in [0.2, 0.25) is 0 Å². The molecule has 0 fully saturated rings. The number of halogens is 1. The number of sulfone groups is 1. The monoisotopic (exact) mass is 524 g/mol. The molecule has 1 unspecified atom stereocenters. The molecule has 37 heavy (non-hydrogen) atoms. The summed E-state index contributed by atoms with van der Waals surface area (Å²) >= 11 is 0. The number of aromatic nitrogens is 4. The van der Waals surface area contributed by atoms with Gasteiger partial charge in [-0.05, 0) is 50.1 Å². The van der Waals surface area contributed by atoms with E-state index in [1.165, 1.54) is 13.1 Å². The summed E-state index contributed by atoms with van der Waals surface area (Å²) < 4.78 is 44.0. The van der Waals surface area contributed by atoms with E-state index in [1.807, 2.05) is 31.2 Å². The average Bonchev–Trinajstić information content (AvgIpc) is 3.39. The Hall–Kier alpha value is -3.70. The van der Waals surface area contributed by atoms with Gasteiger partial charge in [0.25, 0.3) is 5.89 Å². The van der Waals surface area contributed by atoms with Gasteiger partial charge in [0.15, 0.2) is 21.3 Å². The van der Waals surface area contributed by atoms with Crippen molar-refractivity contribution in [3.63, 3.8) is 0 Å². The quantitative estimate of drug-likeness (QED) is 0.308. The molecule has 2 atom stereocenters. The molecule has 0 amide bonds. The van der Waals surface area contributed by atoms with Gasteiger partial charge in [0.1, 0.15) is 6.17 Å². The Bertz CT molecular complexity index is 1450. The number of nitrogen functional groups attached to an aromatic ring is 1. The highest BCUT2D eigenvalue weighted by Crippen LogP contribution is 2.29. The molecule has 0 saturated carbocycles. The number of hydrogen-bond acceptors (Lipinski definition) is 9. The third-order valence-corrected chi connectivity index (χ3v) is 8.29. The zero-order valence-corrected chi connectivity index (χ0v) is 21.7. The van der Waals surface area contributed by atoms with Crippen molar-refractivity contribution in [3.8, 4) is 34.3 Å². The lowest BCUT2D eigenvalue weighted by molar-refractivity contribution is 0.344. The second-order valence-corrected chi connectivity index (χ2v) is 11.2. The van der Waals surface area contributed by atoms with Gasteiger partial charge in [-0.25, -0.2) is 22.8 Å². The minimum atomic E-state index is -3.39. The predicted molar refractivity (Wildman–Crippen MR) is 140 cm³/mol. The summed E-state index contributed by atoms with van der Waals surface area (Å²) in [6.07, 6.45) is 1.13. The molecular weight excluding hydrogens is 495 g/mol. The molecule has 2 aromatic heterocycles. The smallest absolute Gasteiger partial charge is 0.270 e. The lowest BCUT2D eigenvalue weighted by Crippen LogP contribution is -2.21. The molecule has 0 aliphatic carbocycles. The maximum absolute atomic E-state index is 12.9. The number of alkyl halides is 1. The number of anilines is 1. The number of nitrogens with zero attached hydrogens (tertiary/aromatic N) is 4. The van der Waals surface area contributed by atoms with Crippen LogP contribution in [0.5, 0.6) is 0 Å². The minimum Gasteiger partial charge on any atom is -0.414 e. The van der Waals surface area contributed by atoms with E-state index in [1.54, 1.807) is 31.2 Å². The van der Waals surface area contributed by atoms with Crippen molar-refractivity contribution in [2.45, 2.75) is 50.1 Å². The van der Waals surface area contributed by atoms with Gasteiger partial charge < -0.3 is 15.5 Å². The molecular formula is C26H29FN6O3S. The van der Waals surface area contributed by atoms with Crippen molar-refractivity contribution in [1.29, 1.82) is 0 Å². The van der Waals surface area contributed by atoms with Crippen LogP contribution in [-0.2, 0) is 16.4 Å². The molecule has 0 aliphatic heterocycles. The minimum absolute atomic E-state index is 0.112. The van der Waals surface area contributed by atoms with Crippen LogP contribution in [0.15, 0.2) is 64.0 Å². The van der Waals surface area contributed by atoms with Gasteiger partial charge in [-0.15, -0.1) is 10.2 Å². The van der Waals surface area contributed by atoms with Gasteiger partial charge in [-0.2, -0.15) is 0 Å². The first-order chi connectivity index (χ1) is 17.7. The maximum atomic E-state index is 12.9. The molecule has 0 saturated heterocycles. The average molecular weight is 525 g/mol. The summed E-state index contributed by atoms with van der Waals surface area (Å²) in [7, 11) is -3.39. The Morgan fingerprint density at radius 3 is 2.30 bits per heavy atom. The van der Waals surface area contributed by atoms with Crippen LogP contribution in [0.25, 0.3) is 34.3 Å². The van der Waals surface area contributed by atoms with E-state index in [-0.39, 0.29) is 34.7 Å². The molecule has 4 rings (SSSR count). The largest absolute Gasteiger partial charge is 0.414 e. The van der Waals surface area contributed by atoms with Crippen molar-refractivity contribution >= 4 is 15.7 Å². The third kappa shape index (κ3) is 6.00. The molecule has 11 heteroatoms. The lowest BCUT2D eigenvalue weighted by atomic mass is 10.1. The van der Waals surface area contributed by atoms with Crippen LogP contribution in [0.1, 0.15) is 32.8 Å². The Balaban J connectivity index is 1.54. The van der Waals surface area contributed by atoms with Crippen LogP contribution < -0.4 is 11.1 Å².